The lowest BCUT2D eigenvalue weighted by molar-refractivity contribution is 0.0603. The van der Waals surface area contributed by atoms with Crippen LogP contribution in [-0.4, -0.2) is 17.5 Å². The van der Waals surface area contributed by atoms with Gasteiger partial charge in [-0.15, -0.1) is 0 Å². The monoisotopic (exact) mass is 189 g/mol. The molecule has 72 valence electrons. The number of hydrogen-bond donors (Lipinski definition) is 0. The highest BCUT2D eigenvalue weighted by molar-refractivity contribution is 5.97. The zero-order valence-corrected chi connectivity index (χ0v) is 8.15. The Morgan fingerprint density at radius 3 is 2.79 bits per heavy atom. The Bertz CT molecular complexity index is 485. The largest absolute Gasteiger partial charge is 0.465 e. The molecule has 0 amide bonds. The van der Waals surface area contributed by atoms with Gasteiger partial charge >= 0.3 is 5.97 Å². The van der Waals surface area contributed by atoms with Crippen LogP contribution in [0.25, 0.3) is 5.52 Å². The van der Waals surface area contributed by atoms with Crippen LogP contribution in [0.3, 0.4) is 0 Å². The maximum atomic E-state index is 11.4. The first kappa shape index (κ1) is 8.81. The van der Waals surface area contributed by atoms with Crippen LogP contribution < -0.4 is 0 Å². The predicted octanol–water partition coefficient (Wildman–Crippen LogP) is 2.03. The predicted molar refractivity (Wildman–Crippen MR) is 53.5 cm³/mol. The summed E-state index contributed by atoms with van der Waals surface area (Å²) in [4.78, 5) is 11.4. The van der Waals surface area contributed by atoms with E-state index in [-0.39, 0.29) is 5.97 Å². The van der Waals surface area contributed by atoms with E-state index in [0.717, 1.165) is 11.1 Å². The summed E-state index contributed by atoms with van der Waals surface area (Å²) >= 11 is 0. The van der Waals surface area contributed by atoms with Gasteiger partial charge in [-0.25, -0.2) is 4.79 Å². The molecular weight excluding hydrogens is 178 g/mol. The van der Waals surface area contributed by atoms with Crippen LogP contribution in [-0.2, 0) is 4.74 Å². The first-order valence-corrected chi connectivity index (χ1v) is 4.38. The fraction of sp³-hybridized carbons (Fsp3) is 0.182. The van der Waals surface area contributed by atoms with Crippen molar-refractivity contribution in [1.29, 1.82) is 0 Å². The van der Waals surface area contributed by atoms with Crippen molar-refractivity contribution in [3.63, 3.8) is 0 Å². The molecule has 0 atom stereocenters. The number of esters is 1. The number of aryl methyl sites for hydroxylation is 1. The summed E-state index contributed by atoms with van der Waals surface area (Å²) in [6.45, 7) is 1.99. The fourth-order valence-electron chi connectivity index (χ4n) is 1.49. The Labute approximate surface area is 81.9 Å². The highest BCUT2D eigenvalue weighted by Crippen LogP contribution is 2.14. The zero-order chi connectivity index (χ0) is 10.1. The molecule has 0 N–H and O–H groups in total. The second kappa shape index (κ2) is 3.18. The average molecular weight is 189 g/mol. The number of aromatic nitrogens is 1. The molecule has 0 aliphatic rings. The lowest BCUT2D eigenvalue weighted by Crippen LogP contribution is -2.00. The molecule has 0 fully saturated rings. The van der Waals surface area contributed by atoms with E-state index in [2.05, 4.69) is 0 Å². The lowest BCUT2D eigenvalue weighted by atomic mass is 10.2. The summed E-state index contributed by atoms with van der Waals surface area (Å²) < 4.78 is 6.59. The quantitative estimate of drug-likeness (QED) is 0.643. The van der Waals surface area contributed by atoms with Gasteiger partial charge in [-0.1, -0.05) is 0 Å². The van der Waals surface area contributed by atoms with Gasteiger partial charge in [-0.05, 0) is 30.7 Å². The first-order chi connectivity index (χ1) is 6.72. The lowest BCUT2D eigenvalue weighted by Gasteiger charge is -1.99. The number of carbonyl (C=O) groups excluding carboxylic acids is 1. The highest BCUT2D eigenvalue weighted by atomic mass is 16.5. The Kier molecular flexibility index (Phi) is 2.00. The Morgan fingerprint density at radius 2 is 2.07 bits per heavy atom. The normalized spacial score (nSPS) is 10.4. The van der Waals surface area contributed by atoms with Gasteiger partial charge in [0.1, 0.15) is 0 Å². The van der Waals surface area contributed by atoms with Crippen LogP contribution in [0.15, 0.2) is 30.6 Å². The molecule has 0 radical (unpaired) electrons. The minimum atomic E-state index is -0.293. The van der Waals surface area contributed by atoms with Crippen LogP contribution in [0.5, 0.6) is 0 Å². The number of hydrogen-bond acceptors (Lipinski definition) is 2. The van der Waals surface area contributed by atoms with E-state index in [1.807, 2.05) is 35.9 Å². The van der Waals surface area contributed by atoms with Crippen LogP contribution in [0.1, 0.15) is 15.9 Å². The molecule has 3 nitrogen and oxygen atoms in total. The van der Waals surface area contributed by atoms with Gasteiger partial charge in [0.2, 0.25) is 0 Å². The molecule has 2 heterocycles. The van der Waals surface area contributed by atoms with E-state index in [0.29, 0.717) is 5.56 Å². The molecule has 0 unspecified atom stereocenters. The number of rotatable bonds is 1. The average Bonchev–Trinajstić information content (AvgIpc) is 2.59. The molecule has 3 heteroatoms. The molecule has 0 aliphatic carbocycles. The summed E-state index contributed by atoms with van der Waals surface area (Å²) in [5.41, 5.74) is 2.62. The molecule has 0 saturated heterocycles. The minimum absolute atomic E-state index is 0.293. The van der Waals surface area contributed by atoms with Gasteiger partial charge in [-0.2, -0.15) is 0 Å². The van der Waals surface area contributed by atoms with Crippen molar-refractivity contribution < 1.29 is 9.53 Å². The summed E-state index contributed by atoms with van der Waals surface area (Å²) in [5, 5.41) is 0. The minimum Gasteiger partial charge on any atom is -0.465 e. The number of fused-ring (bicyclic) bond motifs is 1. The van der Waals surface area contributed by atoms with E-state index < -0.39 is 0 Å². The van der Waals surface area contributed by atoms with Crippen molar-refractivity contribution in [3.05, 3.63) is 41.7 Å². The molecule has 2 rings (SSSR count). The van der Waals surface area contributed by atoms with Crippen molar-refractivity contribution in [2.75, 3.05) is 7.11 Å². The van der Waals surface area contributed by atoms with E-state index in [9.17, 15) is 4.79 Å². The van der Waals surface area contributed by atoms with Crippen molar-refractivity contribution in [1.82, 2.24) is 4.40 Å². The highest BCUT2D eigenvalue weighted by Gasteiger charge is 2.10. The van der Waals surface area contributed by atoms with Gasteiger partial charge < -0.3 is 9.14 Å². The molecule has 2 aromatic rings. The van der Waals surface area contributed by atoms with Crippen LogP contribution in [0, 0.1) is 6.92 Å². The maximum absolute atomic E-state index is 11.4. The number of nitrogens with zero attached hydrogens (tertiary/aromatic N) is 1. The molecule has 0 bridgehead atoms. The Balaban J connectivity index is 2.67. The number of methoxy groups -OCH3 is 1. The molecule has 0 spiro atoms. The second-order valence-electron chi connectivity index (χ2n) is 3.22. The summed E-state index contributed by atoms with van der Waals surface area (Å²) in [6.07, 6.45) is 3.78. The van der Waals surface area contributed by atoms with E-state index in [1.54, 1.807) is 6.07 Å². The van der Waals surface area contributed by atoms with E-state index in [4.69, 9.17) is 4.74 Å². The van der Waals surface area contributed by atoms with Crippen molar-refractivity contribution >= 4 is 11.5 Å². The summed E-state index contributed by atoms with van der Waals surface area (Å²) in [7, 11) is 1.39. The number of ether oxygens (including phenoxy) is 1. The number of carbonyl (C=O) groups is 1. The smallest absolute Gasteiger partial charge is 0.340 e. The van der Waals surface area contributed by atoms with Gasteiger partial charge in [0.05, 0.1) is 18.2 Å². The molecule has 0 aliphatic heterocycles. The van der Waals surface area contributed by atoms with Crippen LogP contribution in [0.2, 0.25) is 0 Å². The first-order valence-electron chi connectivity index (χ1n) is 4.38. The van der Waals surface area contributed by atoms with Crippen molar-refractivity contribution in [3.8, 4) is 0 Å². The van der Waals surface area contributed by atoms with Crippen molar-refractivity contribution in [2.24, 2.45) is 0 Å². The van der Waals surface area contributed by atoms with E-state index in [1.165, 1.54) is 7.11 Å². The van der Waals surface area contributed by atoms with Gasteiger partial charge in [-0.3, -0.25) is 0 Å². The summed E-state index contributed by atoms with van der Waals surface area (Å²) in [6, 6.07) is 5.72. The molecule has 0 aromatic carbocycles. The molecule has 14 heavy (non-hydrogen) atoms. The second-order valence-corrected chi connectivity index (χ2v) is 3.22. The van der Waals surface area contributed by atoms with Gasteiger partial charge in [0.25, 0.3) is 0 Å². The fourth-order valence-corrected chi connectivity index (χ4v) is 1.49. The third kappa shape index (κ3) is 1.27. The van der Waals surface area contributed by atoms with Crippen LogP contribution >= 0.6 is 0 Å². The molecule has 0 saturated carbocycles. The Morgan fingerprint density at radius 1 is 1.36 bits per heavy atom. The van der Waals surface area contributed by atoms with E-state index >= 15 is 0 Å². The molecule has 2 aromatic heterocycles. The maximum Gasteiger partial charge on any atom is 0.340 e. The number of pyridine rings is 1. The third-order valence-electron chi connectivity index (χ3n) is 2.22. The third-order valence-corrected chi connectivity index (χ3v) is 2.22. The van der Waals surface area contributed by atoms with Crippen LogP contribution in [0.4, 0.5) is 0 Å². The van der Waals surface area contributed by atoms with Crippen molar-refractivity contribution in [2.45, 2.75) is 6.92 Å². The Hall–Kier alpha value is -1.77. The molecular formula is C11H11NO2. The SMILES string of the molecule is COC(=O)c1ccn2ccc(C)cc12. The topological polar surface area (TPSA) is 30.7 Å². The summed E-state index contributed by atoms with van der Waals surface area (Å²) in [5.74, 6) is -0.293. The van der Waals surface area contributed by atoms with Gasteiger partial charge in [0.15, 0.2) is 0 Å². The standard InChI is InChI=1S/C11H11NO2/c1-8-3-5-12-6-4-9(10(12)7-8)11(13)14-2/h3-7H,1-2H3. The van der Waals surface area contributed by atoms with Gasteiger partial charge in [0, 0.05) is 12.4 Å². The zero-order valence-electron chi connectivity index (χ0n) is 8.15.